The summed E-state index contributed by atoms with van der Waals surface area (Å²) in [6, 6.07) is 5.35. The number of likely N-dealkylation sites (tertiary alicyclic amines) is 2. The number of halogens is 3. The lowest BCUT2D eigenvalue weighted by Gasteiger charge is -2.37. The van der Waals surface area contributed by atoms with Crippen LogP contribution in [0.2, 0.25) is 0 Å². The summed E-state index contributed by atoms with van der Waals surface area (Å²) in [6.07, 6.45) is 3.16. The molecule has 2 heterocycles. The number of rotatable bonds is 5. The minimum absolute atomic E-state index is 0. The average Bonchev–Trinajstić information content (AvgIpc) is 3.16. The van der Waals surface area contributed by atoms with Gasteiger partial charge in [-0.05, 0) is 50.7 Å². The van der Waals surface area contributed by atoms with E-state index in [0.29, 0.717) is 32.5 Å². The highest BCUT2D eigenvalue weighted by Crippen LogP contribution is 2.28. The van der Waals surface area contributed by atoms with Gasteiger partial charge in [0.05, 0.1) is 5.56 Å². The highest BCUT2D eigenvalue weighted by molar-refractivity contribution is 6.00. The molecule has 6 nitrogen and oxygen atoms in total. The molecule has 29 heavy (non-hydrogen) atoms. The molecule has 2 aliphatic rings. The fourth-order valence-corrected chi connectivity index (χ4v) is 4.11. The zero-order valence-electron chi connectivity index (χ0n) is 16.4. The van der Waals surface area contributed by atoms with Crippen LogP contribution < -0.4 is 10.5 Å². The molecule has 2 fully saturated rings. The van der Waals surface area contributed by atoms with Crippen LogP contribution in [0.3, 0.4) is 0 Å². The van der Waals surface area contributed by atoms with Crippen molar-refractivity contribution in [3.63, 3.8) is 0 Å². The normalized spacial score (nSPS) is 22.9. The summed E-state index contributed by atoms with van der Waals surface area (Å²) in [5.74, 6) is -0.449. The standard InChI is InChI=1S/C20H27F2N3O3.ClH/c1-13(23)14-6-4-10-24(12-14)19(27)16-8-5-11-25(16)18(26)15-7-2-3-9-17(15)28-20(21)22;/h2-3,7,9,13-14,16,20H,4-6,8,10-12,23H2,1H3;1H. The van der Waals surface area contributed by atoms with Gasteiger partial charge in [0.1, 0.15) is 11.8 Å². The van der Waals surface area contributed by atoms with E-state index in [-0.39, 0.29) is 41.6 Å². The molecule has 2 aliphatic heterocycles. The van der Waals surface area contributed by atoms with E-state index >= 15 is 0 Å². The van der Waals surface area contributed by atoms with Crippen molar-refractivity contribution in [1.82, 2.24) is 9.80 Å². The van der Waals surface area contributed by atoms with Crippen LogP contribution in [-0.4, -0.2) is 59.9 Å². The number of alkyl halides is 2. The van der Waals surface area contributed by atoms with E-state index < -0.39 is 18.6 Å². The molecule has 3 rings (SSSR count). The molecule has 1 aromatic carbocycles. The Morgan fingerprint density at radius 1 is 1.17 bits per heavy atom. The molecular formula is C20H28ClF2N3O3. The van der Waals surface area contributed by atoms with Crippen LogP contribution in [0.15, 0.2) is 24.3 Å². The van der Waals surface area contributed by atoms with E-state index in [0.717, 1.165) is 12.8 Å². The highest BCUT2D eigenvalue weighted by atomic mass is 35.5. The predicted octanol–water partition coefficient (Wildman–Crippen LogP) is 2.90. The first-order chi connectivity index (χ1) is 13.4. The third-order valence-corrected chi connectivity index (χ3v) is 5.65. The van der Waals surface area contributed by atoms with Crippen molar-refractivity contribution in [2.75, 3.05) is 19.6 Å². The van der Waals surface area contributed by atoms with Crippen LogP contribution in [0, 0.1) is 5.92 Å². The molecule has 3 atom stereocenters. The number of hydrogen-bond donors (Lipinski definition) is 1. The fraction of sp³-hybridized carbons (Fsp3) is 0.600. The van der Waals surface area contributed by atoms with E-state index in [2.05, 4.69) is 4.74 Å². The Morgan fingerprint density at radius 2 is 1.86 bits per heavy atom. The van der Waals surface area contributed by atoms with Crippen LogP contribution in [0.5, 0.6) is 5.75 Å². The number of nitrogens with zero attached hydrogens (tertiary/aromatic N) is 2. The van der Waals surface area contributed by atoms with Crippen LogP contribution in [0.25, 0.3) is 0 Å². The van der Waals surface area contributed by atoms with Gasteiger partial charge in [0.2, 0.25) is 5.91 Å². The third kappa shape index (κ3) is 5.36. The molecular weight excluding hydrogens is 404 g/mol. The first-order valence-electron chi connectivity index (χ1n) is 9.77. The number of nitrogens with two attached hydrogens (primary N) is 1. The molecule has 3 unspecified atom stereocenters. The topological polar surface area (TPSA) is 75.9 Å². The molecule has 0 bridgehead atoms. The van der Waals surface area contributed by atoms with Crippen LogP contribution in [0.4, 0.5) is 8.78 Å². The molecule has 0 spiro atoms. The van der Waals surface area contributed by atoms with E-state index in [1.807, 2.05) is 6.92 Å². The molecule has 1 aromatic rings. The molecule has 2 saturated heterocycles. The molecule has 0 saturated carbocycles. The van der Waals surface area contributed by atoms with Crippen LogP contribution >= 0.6 is 12.4 Å². The SMILES string of the molecule is CC(N)C1CCCN(C(=O)C2CCCN2C(=O)c2ccccc2OC(F)F)C1.Cl. The van der Waals surface area contributed by atoms with Gasteiger partial charge in [0, 0.05) is 25.7 Å². The summed E-state index contributed by atoms with van der Waals surface area (Å²) in [6.45, 7) is 0.604. The summed E-state index contributed by atoms with van der Waals surface area (Å²) >= 11 is 0. The van der Waals surface area contributed by atoms with Crippen molar-refractivity contribution >= 4 is 24.2 Å². The van der Waals surface area contributed by atoms with Crippen molar-refractivity contribution in [3.05, 3.63) is 29.8 Å². The zero-order valence-corrected chi connectivity index (χ0v) is 17.2. The number of ether oxygens (including phenoxy) is 1. The maximum atomic E-state index is 13.1. The molecule has 9 heteroatoms. The monoisotopic (exact) mass is 431 g/mol. The third-order valence-electron chi connectivity index (χ3n) is 5.65. The smallest absolute Gasteiger partial charge is 0.387 e. The van der Waals surface area contributed by atoms with Crippen molar-refractivity contribution in [3.8, 4) is 5.75 Å². The lowest BCUT2D eigenvalue weighted by molar-refractivity contribution is -0.137. The lowest BCUT2D eigenvalue weighted by atomic mass is 9.91. The number of para-hydroxylation sites is 1. The Kier molecular flexibility index (Phi) is 8.22. The first kappa shape index (κ1) is 23.3. The van der Waals surface area contributed by atoms with Gasteiger partial charge in [-0.1, -0.05) is 12.1 Å². The van der Waals surface area contributed by atoms with E-state index in [4.69, 9.17) is 5.73 Å². The number of piperidine rings is 1. The maximum Gasteiger partial charge on any atom is 0.387 e. The second kappa shape index (κ2) is 10.2. The summed E-state index contributed by atoms with van der Waals surface area (Å²) in [5.41, 5.74) is 6.06. The van der Waals surface area contributed by atoms with Crippen molar-refractivity contribution < 1.29 is 23.1 Å². The first-order valence-corrected chi connectivity index (χ1v) is 9.77. The highest BCUT2D eigenvalue weighted by Gasteiger charge is 2.39. The quantitative estimate of drug-likeness (QED) is 0.777. The van der Waals surface area contributed by atoms with Gasteiger partial charge in [0.25, 0.3) is 5.91 Å². The number of benzene rings is 1. The molecule has 0 aliphatic carbocycles. The van der Waals surface area contributed by atoms with Crippen molar-refractivity contribution in [1.29, 1.82) is 0 Å². The predicted molar refractivity (Wildman–Crippen MR) is 107 cm³/mol. The minimum atomic E-state index is -3.02. The van der Waals surface area contributed by atoms with Gasteiger partial charge >= 0.3 is 6.61 Å². The fourth-order valence-electron chi connectivity index (χ4n) is 4.11. The second-order valence-corrected chi connectivity index (χ2v) is 7.58. The van der Waals surface area contributed by atoms with Crippen molar-refractivity contribution in [2.45, 2.75) is 51.3 Å². The molecule has 2 N–H and O–H groups in total. The molecule has 2 amide bonds. The largest absolute Gasteiger partial charge is 0.434 e. The van der Waals surface area contributed by atoms with Gasteiger partial charge < -0.3 is 20.3 Å². The Balaban J connectivity index is 0.00000300. The van der Waals surface area contributed by atoms with Gasteiger partial charge in [-0.3, -0.25) is 9.59 Å². The molecule has 0 radical (unpaired) electrons. The zero-order chi connectivity index (χ0) is 20.3. The summed E-state index contributed by atoms with van der Waals surface area (Å²) in [5, 5.41) is 0. The maximum absolute atomic E-state index is 13.1. The van der Waals surface area contributed by atoms with Gasteiger partial charge in [-0.15, -0.1) is 12.4 Å². The summed E-state index contributed by atoms with van der Waals surface area (Å²) in [4.78, 5) is 29.4. The van der Waals surface area contributed by atoms with Gasteiger partial charge in [-0.25, -0.2) is 0 Å². The van der Waals surface area contributed by atoms with Crippen LogP contribution in [-0.2, 0) is 4.79 Å². The van der Waals surface area contributed by atoms with E-state index in [1.165, 1.54) is 23.1 Å². The lowest BCUT2D eigenvalue weighted by Crippen LogP contribution is -2.52. The Morgan fingerprint density at radius 3 is 2.55 bits per heavy atom. The Hall–Kier alpha value is -1.93. The summed E-state index contributed by atoms with van der Waals surface area (Å²) in [7, 11) is 0. The summed E-state index contributed by atoms with van der Waals surface area (Å²) < 4.78 is 29.8. The second-order valence-electron chi connectivity index (χ2n) is 7.58. The number of carbonyl (C=O) groups is 2. The minimum Gasteiger partial charge on any atom is -0.434 e. The van der Waals surface area contributed by atoms with Gasteiger partial charge in [-0.2, -0.15) is 8.78 Å². The number of amides is 2. The Bertz CT molecular complexity index is 720. The Labute approximate surface area is 175 Å². The number of carbonyl (C=O) groups excluding carboxylic acids is 2. The molecule has 0 aromatic heterocycles. The van der Waals surface area contributed by atoms with Crippen LogP contribution in [0.1, 0.15) is 43.0 Å². The number of hydrogen-bond acceptors (Lipinski definition) is 4. The molecule has 162 valence electrons. The van der Waals surface area contributed by atoms with E-state index in [9.17, 15) is 18.4 Å². The van der Waals surface area contributed by atoms with Crippen molar-refractivity contribution in [2.24, 2.45) is 11.7 Å². The van der Waals surface area contributed by atoms with Gasteiger partial charge in [0.15, 0.2) is 0 Å². The average molecular weight is 432 g/mol. The van der Waals surface area contributed by atoms with E-state index in [1.54, 1.807) is 11.0 Å².